The van der Waals surface area contributed by atoms with E-state index in [2.05, 4.69) is 12.2 Å². The Morgan fingerprint density at radius 1 is 0.476 bits per heavy atom. The number of amides is 1. The third-order valence-electron chi connectivity index (χ3n) is 9.15. The van der Waals surface area contributed by atoms with Crippen molar-refractivity contribution in [3.8, 4) is 0 Å². The summed E-state index contributed by atoms with van der Waals surface area (Å²) < 4.78 is 0. The van der Waals surface area contributed by atoms with Gasteiger partial charge in [-0.3, -0.25) is 4.79 Å². The molecule has 0 bridgehead atoms. The lowest BCUT2D eigenvalue weighted by atomic mass is 10.0. The van der Waals surface area contributed by atoms with E-state index in [0.717, 1.165) is 12.8 Å². The van der Waals surface area contributed by atoms with Crippen molar-refractivity contribution in [3.05, 3.63) is 0 Å². The van der Waals surface area contributed by atoms with Gasteiger partial charge in [0.2, 0.25) is 5.91 Å². The summed E-state index contributed by atoms with van der Waals surface area (Å²) in [5.74, 6) is -0.205. The second kappa shape index (κ2) is 34.9. The Morgan fingerprint density at radius 3 is 0.929 bits per heavy atom. The number of aliphatic hydroxyl groups is 2. The predicted molar refractivity (Wildman–Crippen MR) is 184 cm³/mol. The third kappa shape index (κ3) is 32.3. The van der Waals surface area contributed by atoms with Gasteiger partial charge >= 0.3 is 0 Å². The highest BCUT2D eigenvalue weighted by molar-refractivity contribution is 5.73. The van der Waals surface area contributed by atoms with Crippen molar-refractivity contribution in [3.63, 3.8) is 0 Å². The second-order valence-electron chi connectivity index (χ2n) is 13.5. The summed E-state index contributed by atoms with van der Waals surface area (Å²) in [4.78, 5) is 11.1. The van der Waals surface area contributed by atoms with Gasteiger partial charge in [0.05, 0.1) is 18.8 Å². The van der Waals surface area contributed by atoms with Gasteiger partial charge in [0, 0.05) is 6.92 Å². The molecule has 4 nitrogen and oxygen atoms in total. The van der Waals surface area contributed by atoms with Crippen LogP contribution in [0, 0.1) is 0 Å². The fourth-order valence-electron chi connectivity index (χ4n) is 6.28. The maximum absolute atomic E-state index is 11.1. The molecule has 1 amide bonds. The molecule has 2 unspecified atom stereocenters. The summed E-state index contributed by atoms with van der Waals surface area (Å²) in [7, 11) is 0. The molecule has 4 heteroatoms. The number of carbonyl (C=O) groups excluding carboxylic acids is 1. The van der Waals surface area contributed by atoms with E-state index in [0.29, 0.717) is 6.42 Å². The van der Waals surface area contributed by atoms with Crippen LogP contribution >= 0.6 is 0 Å². The van der Waals surface area contributed by atoms with E-state index in [1.165, 1.54) is 193 Å². The number of hydrogen-bond donors (Lipinski definition) is 3. The highest BCUT2D eigenvalue weighted by Gasteiger charge is 2.18. The van der Waals surface area contributed by atoms with Crippen molar-refractivity contribution >= 4 is 5.91 Å². The SMILES string of the molecule is CCCCCCCCCCCCCCCCCCCCCCCCCCCCCCCCCC(O)C(CO)NC(C)=O. The fraction of sp³-hybridized carbons (Fsp3) is 0.974. The topological polar surface area (TPSA) is 69.6 Å². The van der Waals surface area contributed by atoms with Gasteiger partial charge in [0.1, 0.15) is 0 Å². The van der Waals surface area contributed by atoms with E-state index in [4.69, 9.17) is 0 Å². The standard InChI is InChI=1S/C38H77NO3/c1-3-4-5-6-7-8-9-10-11-12-13-14-15-16-17-18-19-20-21-22-23-24-25-26-27-28-29-30-31-32-33-34-38(42)37(35-40)39-36(2)41/h37-38,40,42H,3-35H2,1-2H3,(H,39,41). The smallest absolute Gasteiger partial charge is 0.217 e. The number of carbonyl (C=O) groups is 1. The maximum Gasteiger partial charge on any atom is 0.217 e. The van der Waals surface area contributed by atoms with Crippen LogP contribution in [0.1, 0.15) is 219 Å². The molecule has 0 heterocycles. The van der Waals surface area contributed by atoms with E-state index < -0.39 is 12.1 Å². The maximum atomic E-state index is 11.1. The number of aliphatic hydroxyl groups excluding tert-OH is 2. The van der Waals surface area contributed by atoms with E-state index >= 15 is 0 Å². The van der Waals surface area contributed by atoms with Crippen molar-refractivity contribution in [2.24, 2.45) is 0 Å². The first-order chi connectivity index (χ1) is 20.6. The Kier molecular flexibility index (Phi) is 34.4. The Labute approximate surface area is 264 Å². The highest BCUT2D eigenvalue weighted by atomic mass is 16.3. The quantitative estimate of drug-likeness (QED) is 0.0638. The van der Waals surface area contributed by atoms with Crippen molar-refractivity contribution in [2.75, 3.05) is 6.61 Å². The van der Waals surface area contributed by atoms with Crippen LogP contribution < -0.4 is 5.32 Å². The van der Waals surface area contributed by atoms with Crippen LogP contribution in [0.5, 0.6) is 0 Å². The lowest BCUT2D eigenvalue weighted by Gasteiger charge is -2.21. The second-order valence-corrected chi connectivity index (χ2v) is 13.5. The summed E-state index contributed by atoms with van der Waals surface area (Å²) in [6.45, 7) is 3.51. The average Bonchev–Trinajstić information content (AvgIpc) is 2.98. The van der Waals surface area contributed by atoms with E-state index in [1.54, 1.807) is 0 Å². The Balaban J connectivity index is 3.15. The van der Waals surface area contributed by atoms with Crippen LogP contribution in [0.25, 0.3) is 0 Å². The number of rotatable bonds is 35. The van der Waals surface area contributed by atoms with Crippen LogP contribution in [0.4, 0.5) is 0 Å². The molecule has 0 aliphatic heterocycles. The van der Waals surface area contributed by atoms with Crippen LogP contribution in [0.2, 0.25) is 0 Å². The zero-order chi connectivity index (χ0) is 30.8. The molecule has 252 valence electrons. The van der Waals surface area contributed by atoms with Crippen LogP contribution in [0.3, 0.4) is 0 Å². The summed E-state index contributed by atoms with van der Waals surface area (Å²) in [5.41, 5.74) is 0. The lowest BCUT2D eigenvalue weighted by molar-refractivity contribution is -0.121. The zero-order valence-corrected chi connectivity index (χ0v) is 28.8. The van der Waals surface area contributed by atoms with E-state index in [9.17, 15) is 15.0 Å². The molecular formula is C38H77NO3. The van der Waals surface area contributed by atoms with Gasteiger partial charge in [0.25, 0.3) is 0 Å². The van der Waals surface area contributed by atoms with Crippen molar-refractivity contribution < 1.29 is 15.0 Å². The number of hydrogen-bond acceptors (Lipinski definition) is 3. The molecule has 0 aliphatic carbocycles. The zero-order valence-electron chi connectivity index (χ0n) is 28.8. The number of unbranched alkanes of at least 4 members (excludes halogenated alkanes) is 30. The average molecular weight is 596 g/mol. The molecule has 0 spiro atoms. The first-order valence-corrected chi connectivity index (χ1v) is 19.2. The molecule has 0 rings (SSSR count). The summed E-state index contributed by atoms with van der Waals surface area (Å²) in [6, 6.07) is -0.531. The third-order valence-corrected chi connectivity index (χ3v) is 9.15. The molecule has 0 fully saturated rings. The Hall–Kier alpha value is -0.610. The predicted octanol–water partition coefficient (Wildman–Crippen LogP) is 11.3. The molecule has 0 aromatic rings. The van der Waals surface area contributed by atoms with Gasteiger partial charge in [-0.2, -0.15) is 0 Å². The molecule has 0 saturated carbocycles. The van der Waals surface area contributed by atoms with Gasteiger partial charge in [-0.15, -0.1) is 0 Å². The molecule has 0 aromatic heterocycles. The summed E-state index contributed by atoms with van der Waals surface area (Å²) in [6.07, 6.45) is 43.5. The minimum atomic E-state index is -0.650. The van der Waals surface area contributed by atoms with E-state index in [1.807, 2.05) is 0 Å². The fourth-order valence-corrected chi connectivity index (χ4v) is 6.28. The van der Waals surface area contributed by atoms with Gasteiger partial charge in [-0.1, -0.05) is 206 Å². The van der Waals surface area contributed by atoms with E-state index in [-0.39, 0.29) is 12.5 Å². The molecule has 3 N–H and O–H groups in total. The van der Waals surface area contributed by atoms with Gasteiger partial charge in [-0.25, -0.2) is 0 Å². The molecule has 0 aromatic carbocycles. The van der Waals surface area contributed by atoms with Crippen LogP contribution in [-0.4, -0.2) is 34.9 Å². The largest absolute Gasteiger partial charge is 0.394 e. The molecule has 42 heavy (non-hydrogen) atoms. The van der Waals surface area contributed by atoms with Crippen LogP contribution in [0.15, 0.2) is 0 Å². The van der Waals surface area contributed by atoms with Crippen molar-refractivity contribution in [1.29, 1.82) is 0 Å². The first kappa shape index (κ1) is 41.4. The minimum absolute atomic E-state index is 0.205. The van der Waals surface area contributed by atoms with Gasteiger partial charge < -0.3 is 15.5 Å². The molecule has 0 aliphatic rings. The van der Waals surface area contributed by atoms with Crippen molar-refractivity contribution in [2.45, 2.75) is 231 Å². The number of nitrogens with one attached hydrogen (secondary N) is 1. The Bertz CT molecular complexity index is 526. The van der Waals surface area contributed by atoms with Gasteiger partial charge in [0.15, 0.2) is 0 Å². The molecular weight excluding hydrogens is 518 g/mol. The molecule has 0 radical (unpaired) electrons. The molecule has 2 atom stereocenters. The lowest BCUT2D eigenvalue weighted by Crippen LogP contribution is -2.44. The van der Waals surface area contributed by atoms with Gasteiger partial charge in [-0.05, 0) is 6.42 Å². The monoisotopic (exact) mass is 596 g/mol. The normalized spacial score (nSPS) is 13.0. The first-order valence-electron chi connectivity index (χ1n) is 19.2. The summed E-state index contributed by atoms with van der Waals surface area (Å²) >= 11 is 0. The van der Waals surface area contributed by atoms with Crippen molar-refractivity contribution in [1.82, 2.24) is 5.32 Å². The summed E-state index contributed by atoms with van der Waals surface area (Å²) in [5, 5.41) is 22.0. The van der Waals surface area contributed by atoms with Crippen LogP contribution in [-0.2, 0) is 4.79 Å². The molecule has 0 saturated heterocycles. The Morgan fingerprint density at radius 2 is 0.714 bits per heavy atom. The minimum Gasteiger partial charge on any atom is -0.394 e. The highest BCUT2D eigenvalue weighted by Crippen LogP contribution is 2.17.